The molecule has 0 spiro atoms. The van der Waals surface area contributed by atoms with Crippen LogP contribution in [0.3, 0.4) is 0 Å². The molecule has 2 amide bonds. The summed E-state index contributed by atoms with van der Waals surface area (Å²) in [6.45, 7) is 6.99. The fraction of sp³-hybridized carbons (Fsp3) is 0.909. The average Bonchev–Trinajstić information content (AvgIpc) is 2.63. The number of urea groups is 1. The van der Waals surface area contributed by atoms with Crippen LogP contribution in [0.2, 0.25) is 0 Å². The molecular weight excluding hydrogens is 176 g/mol. The number of hydrogen-bond donors (Lipinski definition) is 1. The molecule has 1 atom stereocenters. The number of carbonyl (C=O) groups excluding carboxylic acids is 1. The second-order valence-electron chi connectivity index (χ2n) is 4.12. The van der Waals surface area contributed by atoms with Crippen LogP contribution in [-0.2, 0) is 0 Å². The highest BCUT2D eigenvalue weighted by Crippen LogP contribution is 2.20. The first-order valence-corrected chi connectivity index (χ1v) is 5.80. The average molecular weight is 198 g/mol. The fourth-order valence-corrected chi connectivity index (χ4v) is 2.00. The van der Waals surface area contributed by atoms with Crippen molar-refractivity contribution < 1.29 is 4.79 Å². The second-order valence-corrected chi connectivity index (χ2v) is 4.12. The van der Waals surface area contributed by atoms with E-state index in [-0.39, 0.29) is 6.03 Å². The van der Waals surface area contributed by atoms with Crippen LogP contribution in [0, 0.1) is 5.92 Å². The highest BCUT2D eigenvalue weighted by Gasteiger charge is 2.24. The molecule has 0 saturated carbocycles. The molecule has 3 nitrogen and oxygen atoms in total. The minimum absolute atomic E-state index is 0.130. The molecule has 0 aromatic carbocycles. The Labute approximate surface area is 86.9 Å². The SMILES string of the molecule is CCCNC(=O)N1CCC(CCC)C1. The first-order chi connectivity index (χ1) is 6.77. The standard InChI is InChI=1S/C11H22N2O/c1-3-5-10-6-8-13(9-10)11(14)12-7-4-2/h10H,3-9H2,1-2H3,(H,12,14). The van der Waals surface area contributed by atoms with Crippen LogP contribution in [0.4, 0.5) is 4.79 Å². The van der Waals surface area contributed by atoms with E-state index in [2.05, 4.69) is 19.2 Å². The van der Waals surface area contributed by atoms with Gasteiger partial charge in [-0.05, 0) is 25.2 Å². The van der Waals surface area contributed by atoms with Gasteiger partial charge in [-0.3, -0.25) is 0 Å². The predicted octanol–water partition coefficient (Wildman–Crippen LogP) is 2.23. The highest BCUT2D eigenvalue weighted by atomic mass is 16.2. The van der Waals surface area contributed by atoms with Gasteiger partial charge in [0.05, 0.1) is 0 Å². The molecule has 0 aliphatic carbocycles. The predicted molar refractivity (Wildman–Crippen MR) is 58.3 cm³/mol. The second kappa shape index (κ2) is 5.89. The first kappa shape index (κ1) is 11.3. The minimum atomic E-state index is 0.130. The van der Waals surface area contributed by atoms with E-state index < -0.39 is 0 Å². The van der Waals surface area contributed by atoms with E-state index in [1.807, 2.05) is 4.90 Å². The van der Waals surface area contributed by atoms with Gasteiger partial charge in [-0.1, -0.05) is 20.3 Å². The fourth-order valence-electron chi connectivity index (χ4n) is 2.00. The Bertz CT molecular complexity index is 182. The van der Waals surface area contributed by atoms with Crippen molar-refractivity contribution in [3.8, 4) is 0 Å². The van der Waals surface area contributed by atoms with Gasteiger partial charge in [-0.15, -0.1) is 0 Å². The van der Waals surface area contributed by atoms with Crippen LogP contribution in [0.15, 0.2) is 0 Å². The topological polar surface area (TPSA) is 32.3 Å². The summed E-state index contributed by atoms with van der Waals surface area (Å²) in [5.74, 6) is 0.743. The maximum Gasteiger partial charge on any atom is 0.317 e. The van der Waals surface area contributed by atoms with Gasteiger partial charge < -0.3 is 10.2 Å². The molecule has 1 N–H and O–H groups in total. The van der Waals surface area contributed by atoms with Gasteiger partial charge in [-0.2, -0.15) is 0 Å². The Morgan fingerprint density at radius 2 is 2.21 bits per heavy atom. The Morgan fingerprint density at radius 3 is 2.86 bits per heavy atom. The van der Waals surface area contributed by atoms with Gasteiger partial charge in [0.25, 0.3) is 0 Å². The van der Waals surface area contributed by atoms with Gasteiger partial charge in [0.15, 0.2) is 0 Å². The Morgan fingerprint density at radius 1 is 1.43 bits per heavy atom. The zero-order valence-corrected chi connectivity index (χ0v) is 9.38. The smallest absolute Gasteiger partial charge is 0.317 e. The van der Waals surface area contributed by atoms with Crippen LogP contribution < -0.4 is 5.32 Å². The Kier molecular flexibility index (Phi) is 4.77. The molecule has 1 heterocycles. The summed E-state index contributed by atoms with van der Waals surface area (Å²) in [4.78, 5) is 13.5. The van der Waals surface area contributed by atoms with Crippen molar-refractivity contribution in [2.75, 3.05) is 19.6 Å². The zero-order chi connectivity index (χ0) is 10.4. The number of rotatable bonds is 4. The first-order valence-electron chi connectivity index (χ1n) is 5.80. The summed E-state index contributed by atoms with van der Waals surface area (Å²) in [5, 5.41) is 2.92. The molecule has 14 heavy (non-hydrogen) atoms. The molecule has 1 saturated heterocycles. The molecule has 1 unspecified atom stereocenters. The van der Waals surface area contributed by atoms with Crippen molar-refractivity contribution >= 4 is 6.03 Å². The van der Waals surface area contributed by atoms with Gasteiger partial charge in [0, 0.05) is 19.6 Å². The summed E-state index contributed by atoms with van der Waals surface area (Å²) in [7, 11) is 0. The Hall–Kier alpha value is -0.730. The molecule has 3 heteroatoms. The lowest BCUT2D eigenvalue weighted by Crippen LogP contribution is -2.38. The molecular formula is C11H22N2O. The van der Waals surface area contributed by atoms with Crippen LogP contribution in [0.5, 0.6) is 0 Å². The van der Waals surface area contributed by atoms with E-state index >= 15 is 0 Å². The van der Waals surface area contributed by atoms with E-state index in [0.717, 1.165) is 32.0 Å². The van der Waals surface area contributed by atoms with E-state index in [0.29, 0.717) is 0 Å². The van der Waals surface area contributed by atoms with Gasteiger partial charge in [0.1, 0.15) is 0 Å². The number of hydrogen-bond acceptors (Lipinski definition) is 1. The van der Waals surface area contributed by atoms with Crippen molar-refractivity contribution in [1.29, 1.82) is 0 Å². The van der Waals surface area contributed by atoms with Crippen molar-refractivity contribution in [1.82, 2.24) is 10.2 Å². The maximum absolute atomic E-state index is 11.6. The summed E-state index contributed by atoms with van der Waals surface area (Å²) in [5.41, 5.74) is 0. The number of carbonyl (C=O) groups is 1. The monoisotopic (exact) mass is 198 g/mol. The van der Waals surface area contributed by atoms with Crippen molar-refractivity contribution in [3.63, 3.8) is 0 Å². The molecule has 0 radical (unpaired) electrons. The summed E-state index contributed by atoms with van der Waals surface area (Å²) in [6.07, 6.45) is 4.69. The molecule has 82 valence electrons. The molecule has 1 aliphatic rings. The lowest BCUT2D eigenvalue weighted by molar-refractivity contribution is 0.207. The van der Waals surface area contributed by atoms with Crippen molar-refractivity contribution in [2.45, 2.75) is 39.5 Å². The molecule has 0 aromatic heterocycles. The lowest BCUT2D eigenvalue weighted by atomic mass is 10.0. The van der Waals surface area contributed by atoms with Crippen LogP contribution in [-0.4, -0.2) is 30.6 Å². The number of nitrogens with zero attached hydrogens (tertiary/aromatic N) is 1. The third-order valence-electron chi connectivity index (χ3n) is 2.80. The largest absolute Gasteiger partial charge is 0.338 e. The summed E-state index contributed by atoms with van der Waals surface area (Å²) < 4.78 is 0. The van der Waals surface area contributed by atoms with Gasteiger partial charge >= 0.3 is 6.03 Å². The molecule has 0 aromatic rings. The third-order valence-corrected chi connectivity index (χ3v) is 2.80. The number of nitrogens with one attached hydrogen (secondary N) is 1. The molecule has 1 fully saturated rings. The normalized spacial score (nSPS) is 21.3. The van der Waals surface area contributed by atoms with Crippen molar-refractivity contribution in [2.24, 2.45) is 5.92 Å². The molecule has 1 rings (SSSR count). The zero-order valence-electron chi connectivity index (χ0n) is 9.38. The minimum Gasteiger partial charge on any atom is -0.338 e. The van der Waals surface area contributed by atoms with Gasteiger partial charge in [-0.25, -0.2) is 4.79 Å². The lowest BCUT2D eigenvalue weighted by Gasteiger charge is -2.16. The van der Waals surface area contributed by atoms with Crippen LogP contribution >= 0.6 is 0 Å². The van der Waals surface area contributed by atoms with Gasteiger partial charge in [0.2, 0.25) is 0 Å². The van der Waals surface area contributed by atoms with E-state index in [4.69, 9.17) is 0 Å². The van der Waals surface area contributed by atoms with E-state index in [1.54, 1.807) is 0 Å². The highest BCUT2D eigenvalue weighted by molar-refractivity contribution is 5.74. The van der Waals surface area contributed by atoms with Crippen molar-refractivity contribution in [3.05, 3.63) is 0 Å². The van der Waals surface area contributed by atoms with Crippen LogP contribution in [0.25, 0.3) is 0 Å². The maximum atomic E-state index is 11.6. The summed E-state index contributed by atoms with van der Waals surface area (Å²) in [6, 6.07) is 0.130. The van der Waals surface area contributed by atoms with E-state index in [9.17, 15) is 4.79 Å². The third kappa shape index (κ3) is 3.20. The summed E-state index contributed by atoms with van der Waals surface area (Å²) >= 11 is 0. The van der Waals surface area contributed by atoms with E-state index in [1.165, 1.54) is 19.3 Å². The number of amides is 2. The molecule has 1 aliphatic heterocycles. The quantitative estimate of drug-likeness (QED) is 0.738. The molecule has 0 bridgehead atoms. The number of likely N-dealkylation sites (tertiary alicyclic amines) is 1. The Balaban J connectivity index is 2.23. The van der Waals surface area contributed by atoms with Crippen LogP contribution in [0.1, 0.15) is 39.5 Å².